The number of anilines is 1. The van der Waals surface area contributed by atoms with Gasteiger partial charge in [-0.2, -0.15) is 0 Å². The van der Waals surface area contributed by atoms with Crippen LogP contribution in [0.3, 0.4) is 0 Å². The summed E-state index contributed by atoms with van der Waals surface area (Å²) < 4.78 is 0. The number of amides is 1. The van der Waals surface area contributed by atoms with Crippen LogP contribution >= 0.6 is 23.1 Å². The van der Waals surface area contributed by atoms with Crippen LogP contribution in [-0.4, -0.2) is 11.7 Å². The Labute approximate surface area is 121 Å². The van der Waals surface area contributed by atoms with Crippen LogP contribution in [0.4, 0.5) is 5.69 Å². The Balaban J connectivity index is 1.81. The molecular formula is C14H16N2OS2. The molecule has 2 aromatic rings. The molecule has 19 heavy (non-hydrogen) atoms. The third kappa shape index (κ3) is 4.01. The second-order valence-electron chi connectivity index (χ2n) is 4.12. The Morgan fingerprint density at radius 3 is 2.95 bits per heavy atom. The molecule has 0 bridgehead atoms. The third-order valence-corrected chi connectivity index (χ3v) is 4.76. The molecule has 1 heterocycles. The van der Waals surface area contributed by atoms with Gasteiger partial charge >= 0.3 is 0 Å². The lowest BCUT2D eigenvalue weighted by Crippen LogP contribution is -2.24. The van der Waals surface area contributed by atoms with Crippen LogP contribution < -0.4 is 11.1 Å². The number of benzene rings is 1. The molecule has 1 aromatic carbocycles. The molecule has 0 radical (unpaired) electrons. The molecular weight excluding hydrogens is 276 g/mol. The first kappa shape index (κ1) is 14.0. The molecule has 3 N–H and O–H groups in total. The summed E-state index contributed by atoms with van der Waals surface area (Å²) in [6.45, 7) is 2.58. The molecule has 0 spiro atoms. The number of rotatable bonds is 5. The lowest BCUT2D eigenvalue weighted by atomic mass is 10.2. The van der Waals surface area contributed by atoms with E-state index in [2.05, 4.69) is 5.32 Å². The summed E-state index contributed by atoms with van der Waals surface area (Å²) in [5.41, 5.74) is 7.65. The lowest BCUT2D eigenvalue weighted by Gasteiger charge is -2.08. The predicted molar refractivity (Wildman–Crippen MR) is 82.5 cm³/mol. The molecule has 0 aliphatic rings. The van der Waals surface area contributed by atoms with Gasteiger partial charge in [0.1, 0.15) is 0 Å². The van der Waals surface area contributed by atoms with Gasteiger partial charge in [-0.3, -0.25) is 4.79 Å². The van der Waals surface area contributed by atoms with Crippen LogP contribution in [0.15, 0.2) is 40.6 Å². The monoisotopic (exact) mass is 292 g/mol. The van der Waals surface area contributed by atoms with Crippen molar-refractivity contribution in [3.63, 3.8) is 0 Å². The molecule has 2 rings (SSSR count). The summed E-state index contributed by atoms with van der Waals surface area (Å²) in [7, 11) is 0. The highest BCUT2D eigenvalue weighted by Gasteiger charge is 2.06. The van der Waals surface area contributed by atoms with E-state index in [0.29, 0.717) is 12.3 Å². The first-order valence-electron chi connectivity index (χ1n) is 5.94. The average Bonchev–Trinajstić information content (AvgIpc) is 2.91. The fourth-order valence-electron chi connectivity index (χ4n) is 1.58. The zero-order valence-corrected chi connectivity index (χ0v) is 12.3. The first-order valence-corrected chi connectivity index (χ1v) is 7.80. The Bertz CT molecular complexity index is 553. The van der Waals surface area contributed by atoms with E-state index in [-0.39, 0.29) is 5.91 Å². The van der Waals surface area contributed by atoms with Crippen molar-refractivity contribution in [3.8, 4) is 0 Å². The fraction of sp³-hybridized carbons (Fsp3) is 0.214. The molecule has 5 heteroatoms. The van der Waals surface area contributed by atoms with Crippen LogP contribution in [0.5, 0.6) is 0 Å². The highest BCUT2D eigenvalue weighted by molar-refractivity contribution is 8.00. The summed E-state index contributed by atoms with van der Waals surface area (Å²) in [5.74, 6) is 0.454. The minimum atomic E-state index is 0.0419. The second-order valence-corrected chi connectivity index (χ2v) is 6.16. The fourth-order valence-corrected chi connectivity index (χ4v) is 3.12. The number of thioether (sulfide) groups is 1. The van der Waals surface area contributed by atoms with Crippen molar-refractivity contribution in [1.29, 1.82) is 0 Å². The molecule has 0 aliphatic carbocycles. The molecule has 0 saturated carbocycles. The van der Waals surface area contributed by atoms with Gasteiger partial charge in [0.05, 0.1) is 12.3 Å². The molecule has 1 amide bonds. The number of nitrogens with two attached hydrogens (primary N) is 1. The number of hydrogen-bond donors (Lipinski definition) is 2. The number of thiophene rings is 1. The van der Waals surface area contributed by atoms with Gasteiger partial charge in [0.2, 0.25) is 5.91 Å². The molecule has 100 valence electrons. The number of carbonyl (C=O) groups is 1. The highest BCUT2D eigenvalue weighted by Crippen LogP contribution is 2.25. The number of nitrogen functional groups attached to an aromatic ring is 1. The summed E-state index contributed by atoms with van der Waals surface area (Å²) in [5, 5.41) is 4.92. The zero-order chi connectivity index (χ0) is 13.7. The molecule has 0 fully saturated rings. The van der Waals surface area contributed by atoms with Gasteiger partial charge in [-0.1, -0.05) is 12.1 Å². The minimum absolute atomic E-state index is 0.0419. The van der Waals surface area contributed by atoms with E-state index in [4.69, 9.17) is 5.73 Å². The summed E-state index contributed by atoms with van der Waals surface area (Å²) in [6, 6.07) is 9.77. The van der Waals surface area contributed by atoms with Crippen molar-refractivity contribution < 1.29 is 4.79 Å². The van der Waals surface area contributed by atoms with E-state index in [0.717, 1.165) is 16.1 Å². The van der Waals surface area contributed by atoms with Gasteiger partial charge < -0.3 is 11.1 Å². The normalized spacial score (nSPS) is 10.4. The van der Waals surface area contributed by atoms with Crippen LogP contribution in [0, 0.1) is 6.92 Å². The van der Waals surface area contributed by atoms with Crippen molar-refractivity contribution in [1.82, 2.24) is 5.32 Å². The van der Waals surface area contributed by atoms with Gasteiger partial charge in [0, 0.05) is 15.5 Å². The molecule has 1 aromatic heterocycles. The van der Waals surface area contributed by atoms with Crippen LogP contribution in [0.25, 0.3) is 0 Å². The van der Waals surface area contributed by atoms with Crippen molar-refractivity contribution >= 4 is 34.7 Å². The van der Waals surface area contributed by atoms with Crippen molar-refractivity contribution in [2.24, 2.45) is 0 Å². The highest BCUT2D eigenvalue weighted by atomic mass is 32.2. The number of hydrogen-bond acceptors (Lipinski definition) is 4. The van der Waals surface area contributed by atoms with Crippen LogP contribution in [0.1, 0.15) is 10.4 Å². The first-order chi connectivity index (χ1) is 9.16. The topological polar surface area (TPSA) is 55.1 Å². The van der Waals surface area contributed by atoms with Gasteiger partial charge in [-0.05, 0) is 36.1 Å². The lowest BCUT2D eigenvalue weighted by molar-refractivity contribution is -0.118. The maximum Gasteiger partial charge on any atom is 0.230 e. The summed E-state index contributed by atoms with van der Waals surface area (Å²) in [4.78, 5) is 14.0. The van der Waals surface area contributed by atoms with Crippen LogP contribution in [-0.2, 0) is 11.3 Å². The summed E-state index contributed by atoms with van der Waals surface area (Å²) in [6.07, 6.45) is 0. The zero-order valence-electron chi connectivity index (χ0n) is 10.7. The van der Waals surface area contributed by atoms with E-state index in [1.165, 1.54) is 16.6 Å². The molecule has 0 atom stereocenters. The van der Waals surface area contributed by atoms with Gasteiger partial charge in [-0.25, -0.2) is 0 Å². The SMILES string of the molecule is Cc1c(N)cccc1SCC(=O)NCc1cccs1. The van der Waals surface area contributed by atoms with E-state index in [9.17, 15) is 4.79 Å². The van der Waals surface area contributed by atoms with Crippen LogP contribution in [0.2, 0.25) is 0 Å². The Morgan fingerprint density at radius 1 is 1.37 bits per heavy atom. The van der Waals surface area contributed by atoms with E-state index >= 15 is 0 Å². The van der Waals surface area contributed by atoms with E-state index in [1.54, 1.807) is 11.3 Å². The molecule has 0 aliphatic heterocycles. The third-order valence-electron chi connectivity index (χ3n) is 2.72. The van der Waals surface area contributed by atoms with Crippen molar-refractivity contribution in [3.05, 3.63) is 46.2 Å². The van der Waals surface area contributed by atoms with Crippen molar-refractivity contribution in [2.75, 3.05) is 11.5 Å². The molecule has 0 unspecified atom stereocenters. The quantitative estimate of drug-likeness (QED) is 0.658. The maximum atomic E-state index is 11.7. The minimum Gasteiger partial charge on any atom is -0.398 e. The largest absolute Gasteiger partial charge is 0.398 e. The van der Waals surface area contributed by atoms with E-state index < -0.39 is 0 Å². The predicted octanol–water partition coefficient (Wildman–Crippen LogP) is 3.05. The Morgan fingerprint density at radius 2 is 2.21 bits per heavy atom. The maximum absolute atomic E-state index is 11.7. The Hall–Kier alpha value is -1.46. The van der Waals surface area contributed by atoms with E-state index in [1.807, 2.05) is 42.6 Å². The van der Waals surface area contributed by atoms with Gasteiger partial charge in [-0.15, -0.1) is 23.1 Å². The second kappa shape index (κ2) is 6.63. The van der Waals surface area contributed by atoms with Crippen molar-refractivity contribution in [2.45, 2.75) is 18.4 Å². The standard InChI is InChI=1S/C14H16N2OS2/c1-10-12(15)5-2-6-13(10)19-9-14(17)16-8-11-4-3-7-18-11/h2-7H,8-9,15H2,1H3,(H,16,17). The smallest absolute Gasteiger partial charge is 0.230 e. The molecule has 3 nitrogen and oxygen atoms in total. The number of nitrogens with one attached hydrogen (secondary N) is 1. The average molecular weight is 292 g/mol. The Kier molecular flexibility index (Phi) is 4.87. The molecule has 0 saturated heterocycles. The number of carbonyl (C=O) groups excluding carboxylic acids is 1. The van der Waals surface area contributed by atoms with Gasteiger partial charge in [0.15, 0.2) is 0 Å². The summed E-state index contributed by atoms with van der Waals surface area (Å²) >= 11 is 3.16. The van der Waals surface area contributed by atoms with Gasteiger partial charge in [0.25, 0.3) is 0 Å².